The van der Waals surface area contributed by atoms with E-state index in [-0.39, 0.29) is 35.7 Å². The number of methoxy groups -OCH3 is 1. The summed E-state index contributed by atoms with van der Waals surface area (Å²) in [7, 11) is 1.25. The van der Waals surface area contributed by atoms with Crippen LogP contribution in [0.15, 0.2) is 52.2 Å². The fourth-order valence-corrected chi connectivity index (χ4v) is 4.58. The average Bonchev–Trinajstić information content (AvgIpc) is 2.91. The van der Waals surface area contributed by atoms with Crippen LogP contribution >= 0.6 is 0 Å². The first-order chi connectivity index (χ1) is 18.2. The molecule has 1 saturated carbocycles. The van der Waals surface area contributed by atoms with Crippen LogP contribution in [0.25, 0.3) is 0 Å². The van der Waals surface area contributed by atoms with Crippen LogP contribution in [0.4, 0.5) is 16.0 Å². The molecule has 1 aliphatic rings. The Kier molecular flexibility index (Phi) is 8.55. The average molecular weight is 526 g/mol. The molecule has 3 aromatic rings. The minimum absolute atomic E-state index is 0.0124. The van der Waals surface area contributed by atoms with Crippen molar-refractivity contribution in [2.45, 2.75) is 52.6 Å². The summed E-state index contributed by atoms with van der Waals surface area (Å²) < 4.78 is 27.4. The van der Waals surface area contributed by atoms with Crippen LogP contribution in [-0.2, 0) is 22.6 Å². The Hall–Kier alpha value is -4.02. The molecule has 11 heteroatoms. The van der Waals surface area contributed by atoms with Crippen LogP contribution in [0.5, 0.6) is 11.6 Å². The standard InChI is InChI=1S/C27H32FN5O5/c1-17-7-9-19(10-8-17)16-32-25(31-26(35)33(27(32)36)15-18(2)24(34)37-3)30-20-11-12-22(21(28)14-20)38-23-6-4-5-13-29-23/h4-6,11-14,17-19H,7-10,15-16H2,1-3H3,(H,30,31,35)/t17?,18-,19?/m0/s1. The second-order valence-corrected chi connectivity index (χ2v) is 9.81. The van der Waals surface area contributed by atoms with Gasteiger partial charge in [-0.05, 0) is 42.9 Å². The number of benzene rings is 1. The Morgan fingerprint density at radius 1 is 1.16 bits per heavy atom. The van der Waals surface area contributed by atoms with Gasteiger partial charge in [-0.15, -0.1) is 0 Å². The Labute approximate surface area is 219 Å². The summed E-state index contributed by atoms with van der Waals surface area (Å²) in [6.45, 7) is 3.97. The van der Waals surface area contributed by atoms with Gasteiger partial charge >= 0.3 is 17.3 Å². The zero-order chi connectivity index (χ0) is 27.2. The number of carbonyl (C=O) groups excluding carboxylic acids is 1. The first-order valence-electron chi connectivity index (χ1n) is 12.7. The number of ether oxygens (including phenoxy) is 2. The van der Waals surface area contributed by atoms with E-state index in [9.17, 15) is 18.8 Å². The maximum atomic E-state index is 14.8. The zero-order valence-electron chi connectivity index (χ0n) is 21.7. The fourth-order valence-electron chi connectivity index (χ4n) is 4.58. The zero-order valence-corrected chi connectivity index (χ0v) is 21.7. The van der Waals surface area contributed by atoms with Gasteiger partial charge in [0.05, 0.1) is 13.0 Å². The lowest BCUT2D eigenvalue weighted by atomic mass is 9.83. The number of hydrogen-bond acceptors (Lipinski definition) is 8. The molecule has 2 aromatic heterocycles. The third kappa shape index (κ3) is 6.45. The molecule has 1 aromatic carbocycles. The SMILES string of the molecule is COC(=O)[C@@H](C)Cn1c(=O)nc(Nc2ccc(Oc3ccccn3)c(F)c2)n(CC2CCC(C)CC2)c1=O. The minimum Gasteiger partial charge on any atom is -0.469 e. The fraction of sp³-hybridized carbons (Fsp3) is 0.444. The first kappa shape index (κ1) is 27.0. The molecule has 0 unspecified atom stereocenters. The second kappa shape index (κ2) is 12.0. The van der Waals surface area contributed by atoms with E-state index < -0.39 is 29.1 Å². The Bertz CT molecular complexity index is 1380. The molecule has 0 saturated heterocycles. The lowest BCUT2D eigenvalue weighted by molar-refractivity contribution is -0.145. The first-order valence-corrected chi connectivity index (χ1v) is 12.7. The highest BCUT2D eigenvalue weighted by Crippen LogP contribution is 2.30. The molecule has 10 nitrogen and oxygen atoms in total. The number of carbonyl (C=O) groups is 1. The molecule has 0 radical (unpaired) electrons. The topological polar surface area (TPSA) is 117 Å². The predicted octanol–water partition coefficient (Wildman–Crippen LogP) is 4.11. The highest BCUT2D eigenvalue weighted by atomic mass is 19.1. The van der Waals surface area contributed by atoms with Gasteiger partial charge in [-0.1, -0.05) is 32.8 Å². The summed E-state index contributed by atoms with van der Waals surface area (Å²) >= 11 is 0. The molecule has 4 rings (SSSR count). The van der Waals surface area contributed by atoms with E-state index in [1.807, 2.05) is 0 Å². The van der Waals surface area contributed by atoms with Gasteiger partial charge in [-0.3, -0.25) is 9.36 Å². The van der Waals surface area contributed by atoms with Crippen LogP contribution in [0.1, 0.15) is 39.5 Å². The van der Waals surface area contributed by atoms with Gasteiger partial charge in [0.25, 0.3) is 0 Å². The third-order valence-corrected chi connectivity index (χ3v) is 6.83. The number of esters is 1. The summed E-state index contributed by atoms with van der Waals surface area (Å²) in [5.41, 5.74) is -1.11. The quantitative estimate of drug-likeness (QED) is 0.415. The number of nitrogens with one attached hydrogen (secondary N) is 1. The van der Waals surface area contributed by atoms with Crippen molar-refractivity contribution in [3.05, 3.63) is 69.4 Å². The largest absolute Gasteiger partial charge is 0.469 e. The lowest BCUT2D eigenvalue weighted by Gasteiger charge is -2.27. The van der Waals surface area contributed by atoms with Crippen molar-refractivity contribution in [3.8, 4) is 11.6 Å². The van der Waals surface area contributed by atoms with Crippen molar-refractivity contribution < 1.29 is 18.7 Å². The van der Waals surface area contributed by atoms with Crippen molar-refractivity contribution in [1.29, 1.82) is 0 Å². The van der Waals surface area contributed by atoms with Gasteiger partial charge < -0.3 is 14.8 Å². The van der Waals surface area contributed by atoms with Crippen molar-refractivity contribution in [2.75, 3.05) is 12.4 Å². The molecule has 1 atom stereocenters. The molecule has 2 heterocycles. The van der Waals surface area contributed by atoms with E-state index in [0.29, 0.717) is 12.5 Å². The summed E-state index contributed by atoms with van der Waals surface area (Å²) in [5.74, 6) is -0.818. The van der Waals surface area contributed by atoms with Gasteiger partial charge in [0.1, 0.15) is 0 Å². The van der Waals surface area contributed by atoms with Gasteiger partial charge in [0, 0.05) is 37.1 Å². The summed E-state index contributed by atoms with van der Waals surface area (Å²) in [5, 5.41) is 2.93. The summed E-state index contributed by atoms with van der Waals surface area (Å²) in [6, 6.07) is 9.24. The van der Waals surface area contributed by atoms with Crippen LogP contribution in [-0.4, -0.2) is 32.2 Å². The molecule has 0 bridgehead atoms. The van der Waals surface area contributed by atoms with Crippen molar-refractivity contribution in [2.24, 2.45) is 17.8 Å². The van der Waals surface area contributed by atoms with Gasteiger partial charge in [0.15, 0.2) is 11.6 Å². The van der Waals surface area contributed by atoms with Crippen molar-refractivity contribution in [3.63, 3.8) is 0 Å². The van der Waals surface area contributed by atoms with E-state index in [1.54, 1.807) is 31.2 Å². The highest BCUT2D eigenvalue weighted by molar-refractivity contribution is 5.71. The number of pyridine rings is 1. The maximum Gasteiger partial charge on any atom is 0.354 e. The number of nitrogens with zero attached hydrogens (tertiary/aromatic N) is 4. The van der Waals surface area contributed by atoms with E-state index in [4.69, 9.17) is 9.47 Å². The van der Waals surface area contributed by atoms with Gasteiger partial charge in [-0.2, -0.15) is 4.98 Å². The minimum atomic E-state index is -0.808. The highest BCUT2D eigenvalue weighted by Gasteiger charge is 2.24. The maximum absolute atomic E-state index is 14.8. The van der Waals surface area contributed by atoms with Crippen LogP contribution in [0, 0.1) is 23.6 Å². The molecular weight excluding hydrogens is 493 g/mol. The molecule has 1 N–H and O–H groups in total. The normalized spacial score (nSPS) is 18.0. The smallest absolute Gasteiger partial charge is 0.354 e. The number of rotatable bonds is 9. The summed E-state index contributed by atoms with van der Waals surface area (Å²) in [6.07, 6.45) is 5.53. The van der Waals surface area contributed by atoms with Crippen LogP contribution < -0.4 is 21.4 Å². The Morgan fingerprint density at radius 3 is 2.58 bits per heavy atom. The monoisotopic (exact) mass is 525 g/mol. The number of anilines is 2. The molecule has 202 valence electrons. The van der Waals surface area contributed by atoms with Gasteiger partial charge in [0.2, 0.25) is 11.8 Å². The third-order valence-electron chi connectivity index (χ3n) is 6.83. The molecule has 38 heavy (non-hydrogen) atoms. The molecule has 1 aliphatic carbocycles. The van der Waals surface area contributed by atoms with Crippen LogP contribution in [0.2, 0.25) is 0 Å². The Morgan fingerprint density at radius 2 is 1.92 bits per heavy atom. The molecule has 0 amide bonds. The second-order valence-electron chi connectivity index (χ2n) is 9.81. The molecule has 0 spiro atoms. The molecule has 0 aliphatic heterocycles. The van der Waals surface area contributed by atoms with Crippen molar-refractivity contribution in [1.82, 2.24) is 19.1 Å². The summed E-state index contributed by atoms with van der Waals surface area (Å²) in [4.78, 5) is 46.4. The van der Waals surface area contributed by atoms with Crippen LogP contribution in [0.3, 0.4) is 0 Å². The number of aromatic nitrogens is 4. The predicted molar refractivity (Wildman–Crippen MR) is 139 cm³/mol. The van der Waals surface area contributed by atoms with E-state index in [0.717, 1.165) is 30.3 Å². The number of halogens is 1. The lowest BCUT2D eigenvalue weighted by Crippen LogP contribution is -2.45. The van der Waals surface area contributed by atoms with E-state index in [1.165, 1.54) is 30.0 Å². The number of hydrogen-bond donors (Lipinski definition) is 1. The Balaban J connectivity index is 1.64. The van der Waals surface area contributed by atoms with E-state index >= 15 is 0 Å². The van der Waals surface area contributed by atoms with Gasteiger partial charge in [-0.25, -0.2) is 23.5 Å². The molecule has 1 fully saturated rings. The van der Waals surface area contributed by atoms with E-state index in [2.05, 4.69) is 22.2 Å². The molecular formula is C27H32FN5O5. The van der Waals surface area contributed by atoms with Crippen molar-refractivity contribution >= 4 is 17.6 Å².